The van der Waals surface area contributed by atoms with Gasteiger partial charge in [-0.1, -0.05) is 18.2 Å². The Bertz CT molecular complexity index is 1160. The normalized spacial score (nSPS) is 13.7. The first-order valence-corrected chi connectivity index (χ1v) is 12.7. The smallest absolute Gasteiger partial charge is 0.273 e. The second-order valence-electron chi connectivity index (χ2n) is 7.45. The maximum absolute atomic E-state index is 12.6. The highest BCUT2D eigenvalue weighted by molar-refractivity contribution is 7.94. The minimum Gasteiger partial charge on any atom is -0.484 e. The second kappa shape index (κ2) is 9.62. The zero-order valence-electron chi connectivity index (χ0n) is 17.7. The number of nitrogens with one attached hydrogen (secondary N) is 1. The summed E-state index contributed by atoms with van der Waals surface area (Å²) in [7, 11) is -2.08. The molecule has 0 radical (unpaired) electrons. The van der Waals surface area contributed by atoms with Crippen LogP contribution in [-0.4, -0.2) is 41.1 Å². The van der Waals surface area contributed by atoms with E-state index in [1.54, 1.807) is 41.8 Å². The molecule has 1 amide bonds. The molecule has 9 heteroatoms. The molecule has 7 nitrogen and oxygen atoms in total. The van der Waals surface area contributed by atoms with Crippen molar-refractivity contribution < 1.29 is 17.9 Å². The Labute approximate surface area is 192 Å². The zero-order chi connectivity index (χ0) is 22.6. The van der Waals surface area contributed by atoms with E-state index in [4.69, 9.17) is 4.74 Å². The molecule has 0 saturated carbocycles. The predicted octanol–water partition coefficient (Wildman–Crippen LogP) is 4.19. The van der Waals surface area contributed by atoms with E-state index in [9.17, 15) is 13.2 Å². The molecule has 32 heavy (non-hydrogen) atoms. The molecule has 1 N–H and O–H groups in total. The molecular formula is C23H25N3O4S2. The number of hydrogen-bond acceptors (Lipinski definition) is 6. The van der Waals surface area contributed by atoms with Crippen LogP contribution in [0.25, 0.3) is 0 Å². The Balaban J connectivity index is 1.35. The summed E-state index contributed by atoms with van der Waals surface area (Å²) in [5.41, 5.74) is 2.31. The first kappa shape index (κ1) is 22.2. The van der Waals surface area contributed by atoms with Crippen molar-refractivity contribution in [2.24, 2.45) is 0 Å². The van der Waals surface area contributed by atoms with Gasteiger partial charge in [0.05, 0.1) is 17.1 Å². The van der Waals surface area contributed by atoms with Crippen molar-refractivity contribution in [1.29, 1.82) is 0 Å². The van der Waals surface area contributed by atoms with Crippen LogP contribution in [0.3, 0.4) is 0 Å². The van der Waals surface area contributed by atoms with Crippen molar-refractivity contribution in [3.05, 3.63) is 66.0 Å². The average molecular weight is 472 g/mol. The van der Waals surface area contributed by atoms with Crippen LogP contribution in [0.2, 0.25) is 0 Å². The lowest BCUT2D eigenvalue weighted by Gasteiger charge is -2.21. The summed E-state index contributed by atoms with van der Waals surface area (Å²) in [4.78, 5) is 14.7. The largest absolute Gasteiger partial charge is 0.484 e. The molecule has 0 unspecified atom stereocenters. The lowest BCUT2D eigenvalue weighted by atomic mass is 10.2. The Morgan fingerprint density at radius 2 is 1.78 bits per heavy atom. The van der Waals surface area contributed by atoms with Crippen molar-refractivity contribution >= 4 is 44.3 Å². The Kier molecular flexibility index (Phi) is 6.66. The number of rotatable bonds is 8. The molecule has 0 aliphatic carbocycles. The van der Waals surface area contributed by atoms with Crippen molar-refractivity contribution in [2.75, 3.05) is 41.3 Å². The molecule has 1 aromatic heterocycles. The number of amides is 1. The third-order valence-corrected chi connectivity index (χ3v) is 8.46. The van der Waals surface area contributed by atoms with Crippen LogP contribution in [0.4, 0.5) is 17.1 Å². The number of para-hydroxylation sites is 2. The van der Waals surface area contributed by atoms with Crippen LogP contribution in [0.15, 0.2) is 70.3 Å². The van der Waals surface area contributed by atoms with Gasteiger partial charge in [-0.25, -0.2) is 8.42 Å². The molecule has 0 atom stereocenters. The molecule has 4 rings (SSSR count). The Morgan fingerprint density at radius 1 is 1.06 bits per heavy atom. The first-order chi connectivity index (χ1) is 15.4. The van der Waals surface area contributed by atoms with Gasteiger partial charge < -0.3 is 15.0 Å². The number of hydrogen-bond donors (Lipinski definition) is 1. The highest BCUT2D eigenvalue weighted by atomic mass is 32.2. The molecule has 3 aromatic rings. The zero-order valence-corrected chi connectivity index (χ0v) is 19.4. The van der Waals surface area contributed by atoms with Gasteiger partial charge in [-0.2, -0.15) is 0 Å². The van der Waals surface area contributed by atoms with Gasteiger partial charge in [-0.15, -0.1) is 11.3 Å². The Hall–Kier alpha value is -3.04. The second-order valence-corrected chi connectivity index (χ2v) is 10.6. The minimum atomic E-state index is -3.59. The molecule has 1 saturated heterocycles. The monoisotopic (exact) mass is 471 g/mol. The fourth-order valence-electron chi connectivity index (χ4n) is 3.58. The number of sulfonamides is 1. The van der Waals surface area contributed by atoms with Crippen LogP contribution < -0.4 is 19.3 Å². The van der Waals surface area contributed by atoms with E-state index in [0.29, 0.717) is 11.4 Å². The predicted molar refractivity (Wildman–Crippen MR) is 128 cm³/mol. The third kappa shape index (κ3) is 4.89. The molecule has 2 heterocycles. The average Bonchev–Trinajstić information content (AvgIpc) is 3.53. The molecule has 1 aliphatic rings. The van der Waals surface area contributed by atoms with Gasteiger partial charge in [-0.3, -0.25) is 9.10 Å². The maximum atomic E-state index is 12.6. The van der Waals surface area contributed by atoms with Gasteiger partial charge >= 0.3 is 0 Å². The summed E-state index contributed by atoms with van der Waals surface area (Å²) in [5, 5.41) is 4.66. The number of thiophene rings is 1. The number of carbonyl (C=O) groups excluding carboxylic acids is 1. The summed E-state index contributed by atoms with van der Waals surface area (Å²) in [6.07, 6.45) is 2.32. The van der Waals surface area contributed by atoms with E-state index in [0.717, 1.165) is 37.3 Å². The molecule has 2 aromatic carbocycles. The van der Waals surface area contributed by atoms with Crippen molar-refractivity contribution in [3.63, 3.8) is 0 Å². The number of anilines is 3. The van der Waals surface area contributed by atoms with Crippen LogP contribution in [-0.2, 0) is 14.8 Å². The van der Waals surface area contributed by atoms with Gasteiger partial charge in [0.2, 0.25) is 0 Å². The molecule has 1 aliphatic heterocycles. The lowest BCUT2D eigenvalue weighted by Crippen LogP contribution is -2.25. The summed E-state index contributed by atoms with van der Waals surface area (Å²) in [5.74, 6) is 0.233. The summed E-state index contributed by atoms with van der Waals surface area (Å²) in [6.45, 7) is 1.84. The molecule has 168 valence electrons. The highest BCUT2D eigenvalue weighted by Gasteiger charge is 2.22. The maximum Gasteiger partial charge on any atom is 0.273 e. The molecule has 1 fully saturated rings. The van der Waals surface area contributed by atoms with Gasteiger partial charge in [0.1, 0.15) is 9.96 Å². The molecule has 0 spiro atoms. The van der Waals surface area contributed by atoms with Crippen LogP contribution in [0.1, 0.15) is 12.8 Å². The third-order valence-electron chi connectivity index (χ3n) is 5.30. The fraction of sp³-hybridized carbons (Fsp3) is 0.261. The number of carbonyl (C=O) groups is 1. The van der Waals surface area contributed by atoms with E-state index >= 15 is 0 Å². The van der Waals surface area contributed by atoms with Crippen LogP contribution in [0.5, 0.6) is 5.75 Å². The first-order valence-electron chi connectivity index (χ1n) is 10.3. The van der Waals surface area contributed by atoms with Crippen LogP contribution >= 0.6 is 11.3 Å². The fourth-order valence-corrected chi connectivity index (χ4v) is 5.94. The lowest BCUT2D eigenvalue weighted by molar-refractivity contribution is -0.118. The topological polar surface area (TPSA) is 79.0 Å². The van der Waals surface area contributed by atoms with Crippen molar-refractivity contribution in [3.8, 4) is 5.75 Å². The number of benzene rings is 2. The van der Waals surface area contributed by atoms with Crippen LogP contribution in [0, 0.1) is 0 Å². The van der Waals surface area contributed by atoms with E-state index in [2.05, 4.69) is 10.2 Å². The number of ether oxygens (including phenoxy) is 1. The van der Waals surface area contributed by atoms with E-state index < -0.39 is 10.0 Å². The van der Waals surface area contributed by atoms with Gasteiger partial charge in [0.15, 0.2) is 6.61 Å². The summed E-state index contributed by atoms with van der Waals surface area (Å²) in [6, 6.07) is 17.7. The summed E-state index contributed by atoms with van der Waals surface area (Å²) < 4.78 is 32.4. The van der Waals surface area contributed by atoms with Gasteiger partial charge in [0, 0.05) is 20.1 Å². The Morgan fingerprint density at radius 3 is 2.47 bits per heavy atom. The van der Waals surface area contributed by atoms with Gasteiger partial charge in [-0.05, 0) is 60.7 Å². The van der Waals surface area contributed by atoms with Crippen molar-refractivity contribution in [2.45, 2.75) is 17.1 Å². The molecule has 0 bridgehead atoms. The van der Waals surface area contributed by atoms with E-state index in [-0.39, 0.29) is 16.7 Å². The quantitative estimate of drug-likeness (QED) is 0.533. The number of nitrogens with zero attached hydrogens (tertiary/aromatic N) is 2. The van der Waals surface area contributed by atoms with Crippen molar-refractivity contribution in [1.82, 2.24) is 0 Å². The standard InChI is InChI=1S/C23H25N3O4S2/c1-25(32(28,29)23-9-6-16-31-23)18-10-12-19(13-11-18)30-17-22(27)24-20-7-2-3-8-21(20)26-14-4-5-15-26/h2-3,6-13,16H,4-5,14-15,17H2,1H3,(H,24,27). The van der Waals surface area contributed by atoms with E-state index in [1.807, 2.05) is 24.3 Å². The SMILES string of the molecule is CN(c1ccc(OCC(=O)Nc2ccccc2N2CCCC2)cc1)S(=O)(=O)c1cccs1. The summed E-state index contributed by atoms with van der Waals surface area (Å²) >= 11 is 1.18. The van der Waals surface area contributed by atoms with E-state index in [1.165, 1.54) is 22.7 Å². The van der Waals surface area contributed by atoms with Gasteiger partial charge in [0.25, 0.3) is 15.9 Å². The molecular weight excluding hydrogens is 446 g/mol. The minimum absolute atomic E-state index is 0.142. The highest BCUT2D eigenvalue weighted by Crippen LogP contribution is 2.29.